The van der Waals surface area contributed by atoms with Gasteiger partial charge in [-0.2, -0.15) is 0 Å². The van der Waals surface area contributed by atoms with Crippen LogP contribution in [0.3, 0.4) is 0 Å². The fraction of sp³-hybridized carbons (Fsp3) is 0.250. The van der Waals surface area contributed by atoms with Crippen molar-refractivity contribution >= 4 is 0 Å². The zero-order chi connectivity index (χ0) is 18.0. The van der Waals surface area contributed by atoms with E-state index < -0.39 is 0 Å². The van der Waals surface area contributed by atoms with E-state index in [0.29, 0.717) is 6.61 Å². The molecule has 0 radical (unpaired) electrons. The van der Waals surface area contributed by atoms with Crippen LogP contribution in [-0.4, -0.2) is 24.8 Å². The monoisotopic (exact) mass is 461 g/mol. The first-order valence-electron chi connectivity index (χ1n) is 8.42. The van der Waals surface area contributed by atoms with Gasteiger partial charge in [0.05, 0.1) is 0 Å². The molecule has 136 valence electrons. The number of alkyl halides is 1. The first-order valence-corrected chi connectivity index (χ1v) is 11.5. The third kappa shape index (κ3) is 6.12. The number of halogens is 1. The van der Waals surface area contributed by atoms with Gasteiger partial charge in [-0.3, -0.25) is 0 Å². The van der Waals surface area contributed by atoms with E-state index in [4.69, 9.17) is 8.05 Å². The molecule has 0 bridgehead atoms. The van der Waals surface area contributed by atoms with Crippen LogP contribution in [-0.2, 0) is 29.3 Å². The van der Waals surface area contributed by atoms with Crippen molar-refractivity contribution in [3.63, 3.8) is 0 Å². The molecule has 0 saturated heterocycles. The minimum absolute atomic E-state index is 0.181. The van der Waals surface area contributed by atoms with Crippen LogP contribution < -0.4 is 21.6 Å². The van der Waals surface area contributed by atoms with E-state index >= 15 is 0 Å². The van der Waals surface area contributed by atoms with E-state index in [9.17, 15) is 0 Å². The van der Waals surface area contributed by atoms with E-state index in [0.717, 1.165) is 42.4 Å². The van der Waals surface area contributed by atoms with Gasteiger partial charge < -0.3 is 0 Å². The summed E-state index contributed by atoms with van der Waals surface area (Å²) in [5.41, 5.74) is 4.10. The molecule has 3 heterocycles. The topological polar surface area (TPSA) is 51.1 Å². The number of pyridine rings is 3. The Kier molecular flexibility index (Phi) is 7.48. The fourth-order valence-electron chi connectivity index (χ4n) is 2.65. The van der Waals surface area contributed by atoms with Crippen LogP contribution in [0.4, 0.5) is 0 Å². The van der Waals surface area contributed by atoms with Crippen molar-refractivity contribution < 1.29 is 24.7 Å². The Bertz CT molecular complexity index is 745. The molecule has 3 aromatic heterocycles. The summed E-state index contributed by atoms with van der Waals surface area (Å²) in [5, 5.41) is 0. The molecule has 5 nitrogen and oxygen atoms in total. The maximum absolute atomic E-state index is 5.58. The molecule has 0 aromatic carbocycles. The number of hydrogen-bond donors (Lipinski definition) is 0. The van der Waals surface area contributed by atoms with E-state index in [1.807, 2.05) is 54.9 Å². The number of rotatable bonds is 9. The standard InChI is InChI=1S/C20H22IN4O/c1-21-26-16-20-10-6-9-19(24-20)15-25(13-17-7-2-4-11-22-17)14-18-8-3-5-12-23-18/h2-12H,13-16H2,1H3/q-1. The van der Waals surface area contributed by atoms with Crippen molar-refractivity contribution in [3.8, 4) is 0 Å². The van der Waals surface area contributed by atoms with Crippen LogP contribution in [0.1, 0.15) is 22.8 Å². The van der Waals surface area contributed by atoms with Gasteiger partial charge in [0, 0.05) is 0 Å². The molecule has 0 aliphatic heterocycles. The van der Waals surface area contributed by atoms with E-state index in [2.05, 4.69) is 31.9 Å². The van der Waals surface area contributed by atoms with Gasteiger partial charge in [0.25, 0.3) is 0 Å². The van der Waals surface area contributed by atoms with Gasteiger partial charge in [-0.15, -0.1) is 0 Å². The van der Waals surface area contributed by atoms with Gasteiger partial charge >= 0.3 is 165 Å². The van der Waals surface area contributed by atoms with Crippen LogP contribution >= 0.6 is 0 Å². The quantitative estimate of drug-likeness (QED) is 0.337. The third-order valence-electron chi connectivity index (χ3n) is 3.79. The molecule has 3 rings (SSSR count). The summed E-state index contributed by atoms with van der Waals surface area (Å²) in [6, 6.07) is 18.1. The Morgan fingerprint density at radius 3 is 1.92 bits per heavy atom. The number of hydrogen-bond acceptors (Lipinski definition) is 5. The fourth-order valence-corrected chi connectivity index (χ4v) is 3.28. The average molecular weight is 461 g/mol. The second-order valence-electron chi connectivity index (χ2n) is 5.82. The molecule has 0 aliphatic carbocycles. The Labute approximate surface area is 165 Å². The Morgan fingerprint density at radius 2 is 1.35 bits per heavy atom. The summed E-state index contributed by atoms with van der Waals surface area (Å²) in [6.45, 7) is 2.83. The first-order chi connectivity index (χ1) is 12.8. The van der Waals surface area contributed by atoms with Gasteiger partial charge in [-0.1, -0.05) is 0 Å². The Balaban J connectivity index is 1.74. The normalized spacial score (nSPS) is 11.2. The first kappa shape index (κ1) is 18.9. The molecule has 0 saturated carbocycles. The summed E-state index contributed by atoms with van der Waals surface area (Å²) in [6.07, 6.45) is 3.66. The second-order valence-corrected chi connectivity index (χ2v) is 7.32. The predicted molar refractivity (Wildman–Crippen MR) is 96.4 cm³/mol. The van der Waals surface area contributed by atoms with Crippen molar-refractivity contribution in [1.29, 1.82) is 0 Å². The molecule has 0 N–H and O–H groups in total. The van der Waals surface area contributed by atoms with Gasteiger partial charge in [-0.05, 0) is 0 Å². The molecular formula is C20H22IN4O-. The van der Waals surface area contributed by atoms with Crippen LogP contribution in [0.15, 0.2) is 67.0 Å². The molecule has 0 aliphatic rings. The van der Waals surface area contributed by atoms with Gasteiger partial charge in [-0.25, -0.2) is 0 Å². The van der Waals surface area contributed by atoms with Crippen molar-refractivity contribution in [2.45, 2.75) is 26.2 Å². The maximum atomic E-state index is 5.58. The average Bonchev–Trinajstić information content (AvgIpc) is 2.68. The summed E-state index contributed by atoms with van der Waals surface area (Å²) in [5.74, 6) is 0. The summed E-state index contributed by atoms with van der Waals surface area (Å²) in [4.78, 5) is 18.1. The van der Waals surface area contributed by atoms with Crippen molar-refractivity contribution in [3.05, 3.63) is 89.8 Å². The summed E-state index contributed by atoms with van der Waals surface area (Å²) >= 11 is -0.181. The van der Waals surface area contributed by atoms with Crippen LogP contribution in [0.25, 0.3) is 0 Å². The van der Waals surface area contributed by atoms with Gasteiger partial charge in [0.2, 0.25) is 0 Å². The molecule has 0 spiro atoms. The molecule has 0 amide bonds. The SMILES string of the molecule is C[I-]OCc1cccc(CN(Cc2ccccn2)Cc2ccccn2)n1. The second kappa shape index (κ2) is 10.3. The molecule has 0 unspecified atom stereocenters. The molecule has 26 heavy (non-hydrogen) atoms. The Hall–Kier alpha value is -1.90. The zero-order valence-corrected chi connectivity index (χ0v) is 16.9. The molecule has 0 atom stereocenters. The summed E-state index contributed by atoms with van der Waals surface area (Å²) in [7, 11) is 0. The van der Waals surface area contributed by atoms with Crippen LogP contribution in [0.5, 0.6) is 0 Å². The summed E-state index contributed by atoms with van der Waals surface area (Å²) < 4.78 is 5.58. The van der Waals surface area contributed by atoms with Crippen molar-refractivity contribution in [2.75, 3.05) is 4.93 Å². The van der Waals surface area contributed by atoms with E-state index in [1.54, 1.807) is 0 Å². The zero-order valence-electron chi connectivity index (χ0n) is 14.8. The van der Waals surface area contributed by atoms with Gasteiger partial charge in [0.15, 0.2) is 0 Å². The molecule has 3 aromatic rings. The van der Waals surface area contributed by atoms with Crippen LogP contribution in [0, 0.1) is 0 Å². The van der Waals surface area contributed by atoms with Crippen molar-refractivity contribution in [1.82, 2.24) is 19.9 Å². The number of aromatic nitrogens is 3. The van der Waals surface area contributed by atoms with E-state index in [1.165, 1.54) is 0 Å². The third-order valence-corrected chi connectivity index (χ3v) is 4.72. The predicted octanol–water partition coefficient (Wildman–Crippen LogP) is 0.224. The molecule has 0 fully saturated rings. The van der Waals surface area contributed by atoms with E-state index in [-0.39, 0.29) is 21.6 Å². The molecular weight excluding hydrogens is 439 g/mol. The Morgan fingerprint density at radius 1 is 0.769 bits per heavy atom. The number of nitrogens with zero attached hydrogens (tertiary/aromatic N) is 4. The minimum atomic E-state index is -0.181. The molecule has 6 heteroatoms. The van der Waals surface area contributed by atoms with Crippen LogP contribution in [0.2, 0.25) is 0 Å². The van der Waals surface area contributed by atoms with Gasteiger partial charge in [0.1, 0.15) is 0 Å². The van der Waals surface area contributed by atoms with Crippen molar-refractivity contribution in [2.24, 2.45) is 0 Å².